The Kier molecular flexibility index (Phi) is 5.71. The third kappa shape index (κ3) is 4.79. The van der Waals surface area contributed by atoms with Crippen LogP contribution in [0.1, 0.15) is 28.4 Å². The molecule has 0 heterocycles. The minimum atomic E-state index is -0.572. The molecule has 1 unspecified atom stereocenters. The van der Waals surface area contributed by atoms with Gasteiger partial charge < -0.3 is 10.1 Å². The van der Waals surface area contributed by atoms with Crippen LogP contribution in [0.2, 0.25) is 5.02 Å². The number of rotatable bonds is 5. The molecule has 120 valence electrons. The van der Waals surface area contributed by atoms with E-state index in [9.17, 15) is 14.0 Å². The molecule has 0 aliphatic heterocycles. The molecule has 2 aromatic carbocycles. The van der Waals surface area contributed by atoms with E-state index in [0.29, 0.717) is 10.6 Å². The van der Waals surface area contributed by atoms with E-state index < -0.39 is 23.7 Å². The van der Waals surface area contributed by atoms with Gasteiger partial charge in [0.2, 0.25) is 0 Å². The highest BCUT2D eigenvalue weighted by atomic mass is 35.5. The SMILES string of the molecule is COC(=O)CC(NC(=O)c1ccc(F)cc1)c1ccc(Cl)cc1. The largest absolute Gasteiger partial charge is 0.469 e. The van der Waals surface area contributed by atoms with E-state index in [0.717, 1.165) is 5.56 Å². The van der Waals surface area contributed by atoms with E-state index in [-0.39, 0.29) is 6.42 Å². The van der Waals surface area contributed by atoms with Crippen LogP contribution in [0.4, 0.5) is 4.39 Å². The minimum absolute atomic E-state index is 0.0228. The van der Waals surface area contributed by atoms with Crippen molar-refractivity contribution in [3.8, 4) is 0 Å². The summed E-state index contributed by atoms with van der Waals surface area (Å²) in [7, 11) is 1.28. The van der Waals surface area contributed by atoms with Crippen molar-refractivity contribution in [3.05, 3.63) is 70.5 Å². The Labute approximate surface area is 138 Å². The van der Waals surface area contributed by atoms with Crippen LogP contribution in [0.5, 0.6) is 0 Å². The number of hydrogen-bond donors (Lipinski definition) is 1. The molecule has 2 aromatic rings. The Morgan fingerprint density at radius 3 is 2.30 bits per heavy atom. The molecule has 4 nitrogen and oxygen atoms in total. The standard InChI is InChI=1S/C17H15ClFNO3/c1-23-16(21)10-15(11-2-6-13(18)7-3-11)20-17(22)12-4-8-14(19)9-5-12/h2-9,15H,10H2,1H3,(H,20,22). The summed E-state index contributed by atoms with van der Waals surface area (Å²) >= 11 is 5.85. The van der Waals surface area contributed by atoms with Gasteiger partial charge in [-0.05, 0) is 42.0 Å². The summed E-state index contributed by atoms with van der Waals surface area (Å²) in [6.07, 6.45) is -0.0228. The van der Waals surface area contributed by atoms with Crippen LogP contribution in [0.3, 0.4) is 0 Å². The van der Waals surface area contributed by atoms with E-state index in [1.54, 1.807) is 24.3 Å². The van der Waals surface area contributed by atoms with Crippen LogP contribution in [0.25, 0.3) is 0 Å². The maximum Gasteiger partial charge on any atom is 0.307 e. The van der Waals surface area contributed by atoms with Gasteiger partial charge in [-0.2, -0.15) is 0 Å². The molecule has 0 aromatic heterocycles. The van der Waals surface area contributed by atoms with Crippen molar-refractivity contribution in [2.45, 2.75) is 12.5 Å². The molecule has 0 fully saturated rings. The summed E-state index contributed by atoms with van der Waals surface area (Å²) in [5.41, 5.74) is 1.02. The van der Waals surface area contributed by atoms with Crippen molar-refractivity contribution in [2.75, 3.05) is 7.11 Å². The highest BCUT2D eigenvalue weighted by molar-refractivity contribution is 6.30. The van der Waals surface area contributed by atoms with Crippen LogP contribution >= 0.6 is 11.6 Å². The fourth-order valence-electron chi connectivity index (χ4n) is 2.04. The van der Waals surface area contributed by atoms with Crippen molar-refractivity contribution >= 4 is 23.5 Å². The minimum Gasteiger partial charge on any atom is -0.469 e. The molecular weight excluding hydrogens is 321 g/mol. The predicted molar refractivity (Wildman–Crippen MR) is 84.7 cm³/mol. The normalized spacial score (nSPS) is 11.6. The Hall–Kier alpha value is -2.40. The van der Waals surface area contributed by atoms with E-state index in [2.05, 4.69) is 10.1 Å². The van der Waals surface area contributed by atoms with Crippen LogP contribution in [-0.4, -0.2) is 19.0 Å². The summed E-state index contributed by atoms with van der Waals surface area (Å²) in [4.78, 5) is 23.8. The summed E-state index contributed by atoms with van der Waals surface area (Å²) in [6.45, 7) is 0. The third-order valence-electron chi connectivity index (χ3n) is 3.28. The van der Waals surface area contributed by atoms with Gasteiger partial charge in [-0.1, -0.05) is 23.7 Å². The van der Waals surface area contributed by atoms with Crippen LogP contribution < -0.4 is 5.32 Å². The molecule has 0 saturated heterocycles. The van der Waals surface area contributed by atoms with Crippen molar-refractivity contribution in [2.24, 2.45) is 0 Å². The van der Waals surface area contributed by atoms with E-state index in [4.69, 9.17) is 11.6 Å². The number of benzene rings is 2. The van der Waals surface area contributed by atoms with Crippen LogP contribution in [-0.2, 0) is 9.53 Å². The average Bonchev–Trinajstić information content (AvgIpc) is 2.55. The molecule has 6 heteroatoms. The second-order valence-corrected chi connectivity index (χ2v) is 5.30. The highest BCUT2D eigenvalue weighted by Crippen LogP contribution is 2.20. The third-order valence-corrected chi connectivity index (χ3v) is 3.53. The molecule has 2 rings (SSSR count). The van der Waals surface area contributed by atoms with Gasteiger partial charge in [0.05, 0.1) is 19.6 Å². The zero-order valence-electron chi connectivity index (χ0n) is 12.4. The smallest absolute Gasteiger partial charge is 0.307 e. The van der Waals surface area contributed by atoms with Crippen molar-refractivity contribution in [3.63, 3.8) is 0 Å². The Morgan fingerprint density at radius 2 is 1.74 bits per heavy atom. The topological polar surface area (TPSA) is 55.4 Å². The molecule has 1 amide bonds. The quantitative estimate of drug-likeness (QED) is 0.851. The number of halogens is 2. The lowest BCUT2D eigenvalue weighted by atomic mass is 10.0. The van der Waals surface area contributed by atoms with Gasteiger partial charge in [0, 0.05) is 10.6 Å². The lowest BCUT2D eigenvalue weighted by Crippen LogP contribution is -2.30. The van der Waals surface area contributed by atoms with Gasteiger partial charge in [0.25, 0.3) is 5.91 Å². The van der Waals surface area contributed by atoms with E-state index in [1.807, 2.05) is 0 Å². The van der Waals surface area contributed by atoms with Crippen molar-refractivity contribution in [1.82, 2.24) is 5.32 Å². The molecule has 1 N–H and O–H groups in total. The molecule has 23 heavy (non-hydrogen) atoms. The predicted octanol–water partition coefficient (Wildman–Crippen LogP) is 3.51. The monoisotopic (exact) mass is 335 g/mol. The fourth-order valence-corrected chi connectivity index (χ4v) is 2.17. The average molecular weight is 336 g/mol. The molecule has 0 aliphatic rings. The van der Waals surface area contributed by atoms with Gasteiger partial charge in [-0.25, -0.2) is 4.39 Å². The summed E-state index contributed by atoms with van der Waals surface area (Å²) in [5, 5.41) is 3.30. The van der Waals surface area contributed by atoms with E-state index >= 15 is 0 Å². The Balaban J connectivity index is 2.19. The first-order valence-electron chi connectivity index (χ1n) is 6.88. The Morgan fingerprint density at radius 1 is 1.13 bits per heavy atom. The molecule has 0 bridgehead atoms. The summed E-state index contributed by atoms with van der Waals surface area (Å²) < 4.78 is 17.6. The molecule has 0 aliphatic carbocycles. The molecular formula is C17H15ClFNO3. The number of nitrogens with one attached hydrogen (secondary N) is 1. The number of ether oxygens (including phenoxy) is 1. The maximum absolute atomic E-state index is 12.9. The van der Waals surface area contributed by atoms with Crippen molar-refractivity contribution in [1.29, 1.82) is 0 Å². The van der Waals surface area contributed by atoms with E-state index in [1.165, 1.54) is 31.4 Å². The van der Waals surface area contributed by atoms with Gasteiger partial charge in [-0.3, -0.25) is 9.59 Å². The lowest BCUT2D eigenvalue weighted by molar-refractivity contribution is -0.141. The number of hydrogen-bond acceptors (Lipinski definition) is 3. The van der Waals surface area contributed by atoms with Crippen LogP contribution in [0.15, 0.2) is 48.5 Å². The second-order valence-electron chi connectivity index (χ2n) is 4.86. The summed E-state index contributed by atoms with van der Waals surface area (Å²) in [5.74, 6) is -1.29. The summed E-state index contributed by atoms with van der Waals surface area (Å²) in [6, 6.07) is 11.4. The fraction of sp³-hybridized carbons (Fsp3) is 0.176. The number of esters is 1. The molecule has 0 spiro atoms. The molecule has 0 saturated carbocycles. The first-order chi connectivity index (χ1) is 11.0. The number of carbonyl (C=O) groups is 2. The number of amides is 1. The molecule has 0 radical (unpaired) electrons. The van der Waals surface area contributed by atoms with Crippen LogP contribution in [0, 0.1) is 5.82 Å². The maximum atomic E-state index is 12.9. The first kappa shape index (κ1) is 17.0. The Bertz CT molecular complexity index is 686. The zero-order valence-corrected chi connectivity index (χ0v) is 13.1. The van der Waals surface area contributed by atoms with Gasteiger partial charge in [-0.15, -0.1) is 0 Å². The van der Waals surface area contributed by atoms with Gasteiger partial charge >= 0.3 is 5.97 Å². The number of carbonyl (C=O) groups excluding carboxylic acids is 2. The lowest BCUT2D eigenvalue weighted by Gasteiger charge is -2.18. The first-order valence-corrected chi connectivity index (χ1v) is 7.26. The van der Waals surface area contributed by atoms with Crippen molar-refractivity contribution < 1.29 is 18.7 Å². The second kappa shape index (κ2) is 7.74. The highest BCUT2D eigenvalue weighted by Gasteiger charge is 2.19. The van der Waals surface area contributed by atoms with Gasteiger partial charge in [0.15, 0.2) is 0 Å². The van der Waals surface area contributed by atoms with Gasteiger partial charge in [0.1, 0.15) is 5.82 Å². The number of methoxy groups -OCH3 is 1. The molecule has 1 atom stereocenters. The zero-order chi connectivity index (χ0) is 16.8.